The minimum absolute atomic E-state index is 0.183. The second kappa shape index (κ2) is 3.44. The molecule has 0 fully saturated rings. The van der Waals surface area contributed by atoms with Crippen molar-refractivity contribution in [2.75, 3.05) is 7.11 Å². The highest BCUT2D eigenvalue weighted by Gasteiger charge is 2.23. The van der Waals surface area contributed by atoms with E-state index in [4.69, 9.17) is 4.74 Å². The van der Waals surface area contributed by atoms with Gasteiger partial charge in [0.2, 0.25) is 5.88 Å². The molecule has 0 aliphatic carbocycles. The van der Waals surface area contributed by atoms with Crippen LogP contribution in [0.25, 0.3) is 0 Å². The molecule has 1 aromatic rings. The van der Waals surface area contributed by atoms with Crippen molar-refractivity contribution in [3.63, 3.8) is 0 Å². The second-order valence-corrected chi connectivity index (χ2v) is 4.21. The molecular formula is C10H16N2O2. The Kier molecular flexibility index (Phi) is 2.64. The van der Waals surface area contributed by atoms with Gasteiger partial charge in [-0.1, -0.05) is 0 Å². The van der Waals surface area contributed by atoms with Crippen molar-refractivity contribution < 1.29 is 9.53 Å². The van der Waals surface area contributed by atoms with Gasteiger partial charge < -0.3 is 4.74 Å². The molecule has 0 aliphatic heterocycles. The number of hydrogen-bond acceptors (Lipinski definition) is 3. The van der Waals surface area contributed by atoms with Gasteiger partial charge in [0, 0.05) is 0 Å². The summed E-state index contributed by atoms with van der Waals surface area (Å²) in [5.74, 6) is 0.532. The maximum atomic E-state index is 10.8. The molecule has 0 unspecified atom stereocenters. The van der Waals surface area contributed by atoms with Crippen molar-refractivity contribution in [3.05, 3.63) is 11.3 Å². The van der Waals surface area contributed by atoms with Crippen molar-refractivity contribution in [3.8, 4) is 5.88 Å². The summed E-state index contributed by atoms with van der Waals surface area (Å²) in [7, 11) is 1.55. The summed E-state index contributed by atoms with van der Waals surface area (Å²) in [6.45, 7) is 7.83. The van der Waals surface area contributed by atoms with E-state index in [1.54, 1.807) is 18.7 Å². The molecule has 0 aliphatic rings. The quantitative estimate of drug-likeness (QED) is 0.677. The summed E-state index contributed by atoms with van der Waals surface area (Å²) in [6, 6.07) is 0. The molecular weight excluding hydrogens is 180 g/mol. The van der Waals surface area contributed by atoms with E-state index in [1.165, 1.54) is 0 Å². The molecule has 14 heavy (non-hydrogen) atoms. The molecule has 1 heterocycles. The van der Waals surface area contributed by atoms with Crippen LogP contribution in [0.1, 0.15) is 36.8 Å². The van der Waals surface area contributed by atoms with Gasteiger partial charge in [-0.2, -0.15) is 5.10 Å². The normalized spacial score (nSPS) is 11.5. The molecule has 0 saturated carbocycles. The van der Waals surface area contributed by atoms with E-state index in [-0.39, 0.29) is 5.54 Å². The van der Waals surface area contributed by atoms with Crippen molar-refractivity contribution in [2.45, 2.75) is 33.2 Å². The lowest BCUT2D eigenvalue weighted by atomic mass is 10.1. The van der Waals surface area contributed by atoms with Gasteiger partial charge in [0.1, 0.15) is 0 Å². The Morgan fingerprint density at radius 2 is 2.00 bits per heavy atom. The fourth-order valence-corrected chi connectivity index (χ4v) is 1.30. The molecule has 0 radical (unpaired) electrons. The predicted octanol–water partition coefficient (Wildman–Crippen LogP) is 1.77. The third kappa shape index (κ3) is 1.64. The summed E-state index contributed by atoms with van der Waals surface area (Å²) in [6.07, 6.45) is 0.781. The first kappa shape index (κ1) is 10.8. The Labute approximate surface area is 83.9 Å². The maximum Gasteiger partial charge on any atom is 0.223 e. The molecule has 0 saturated heterocycles. The largest absolute Gasteiger partial charge is 0.481 e. The van der Waals surface area contributed by atoms with Crippen molar-refractivity contribution in [1.82, 2.24) is 9.78 Å². The zero-order valence-corrected chi connectivity index (χ0v) is 9.29. The monoisotopic (exact) mass is 196 g/mol. The second-order valence-electron chi connectivity index (χ2n) is 4.21. The van der Waals surface area contributed by atoms with Crippen molar-refractivity contribution in [1.29, 1.82) is 0 Å². The number of rotatable bonds is 2. The van der Waals surface area contributed by atoms with Crippen LogP contribution in [0, 0.1) is 6.92 Å². The average Bonchev–Trinajstić information content (AvgIpc) is 2.40. The summed E-state index contributed by atoms with van der Waals surface area (Å²) in [4.78, 5) is 10.8. The number of carbonyl (C=O) groups is 1. The Morgan fingerprint density at radius 3 is 2.36 bits per heavy atom. The highest BCUT2D eigenvalue weighted by atomic mass is 16.5. The Morgan fingerprint density at radius 1 is 1.43 bits per heavy atom. The van der Waals surface area contributed by atoms with Gasteiger partial charge in [0.25, 0.3) is 0 Å². The molecule has 0 aromatic carbocycles. The van der Waals surface area contributed by atoms with Gasteiger partial charge in [-0.3, -0.25) is 4.79 Å². The number of aldehydes is 1. The van der Waals surface area contributed by atoms with Gasteiger partial charge in [0.15, 0.2) is 6.29 Å². The van der Waals surface area contributed by atoms with Gasteiger partial charge in [-0.15, -0.1) is 0 Å². The van der Waals surface area contributed by atoms with Gasteiger partial charge in [0.05, 0.1) is 23.9 Å². The van der Waals surface area contributed by atoms with Crippen LogP contribution in [0.5, 0.6) is 5.88 Å². The van der Waals surface area contributed by atoms with Crippen molar-refractivity contribution in [2.24, 2.45) is 0 Å². The minimum Gasteiger partial charge on any atom is -0.481 e. The molecule has 0 bridgehead atoms. The Bertz CT molecular complexity index is 348. The van der Waals surface area contributed by atoms with Crippen LogP contribution in [0.4, 0.5) is 0 Å². The van der Waals surface area contributed by atoms with E-state index in [2.05, 4.69) is 5.10 Å². The first-order valence-electron chi connectivity index (χ1n) is 4.51. The number of aryl methyl sites for hydroxylation is 1. The van der Waals surface area contributed by atoms with Crippen LogP contribution < -0.4 is 4.74 Å². The van der Waals surface area contributed by atoms with E-state index in [1.807, 2.05) is 20.8 Å². The van der Waals surface area contributed by atoms with Crippen LogP contribution in [-0.4, -0.2) is 23.2 Å². The number of nitrogens with zero attached hydrogens (tertiary/aromatic N) is 2. The van der Waals surface area contributed by atoms with E-state index in [9.17, 15) is 4.79 Å². The van der Waals surface area contributed by atoms with Gasteiger partial charge >= 0.3 is 0 Å². The smallest absolute Gasteiger partial charge is 0.223 e. The summed E-state index contributed by atoms with van der Waals surface area (Å²) in [5.41, 5.74) is 1.05. The Balaban J connectivity index is 3.39. The molecule has 0 N–H and O–H groups in total. The molecule has 78 valence electrons. The van der Waals surface area contributed by atoms with E-state index in [0.29, 0.717) is 17.1 Å². The maximum absolute atomic E-state index is 10.8. The molecule has 1 aromatic heterocycles. The number of methoxy groups -OCH3 is 1. The molecule has 0 atom stereocenters. The highest BCUT2D eigenvalue weighted by Crippen LogP contribution is 2.26. The third-order valence-electron chi connectivity index (χ3n) is 2.01. The first-order valence-corrected chi connectivity index (χ1v) is 4.51. The molecule has 0 spiro atoms. The lowest BCUT2D eigenvalue weighted by Crippen LogP contribution is -2.24. The van der Waals surface area contributed by atoms with E-state index in [0.717, 1.165) is 6.29 Å². The molecule has 1 rings (SSSR count). The summed E-state index contributed by atoms with van der Waals surface area (Å²) < 4.78 is 6.91. The van der Waals surface area contributed by atoms with E-state index >= 15 is 0 Å². The lowest BCUT2D eigenvalue weighted by Gasteiger charge is -2.21. The zero-order chi connectivity index (χ0) is 10.9. The van der Waals surface area contributed by atoms with E-state index < -0.39 is 0 Å². The topological polar surface area (TPSA) is 44.1 Å². The molecule has 4 nitrogen and oxygen atoms in total. The predicted molar refractivity (Wildman–Crippen MR) is 53.9 cm³/mol. The van der Waals surface area contributed by atoms with Gasteiger partial charge in [-0.25, -0.2) is 4.68 Å². The standard InChI is InChI=1S/C10H16N2O2/c1-7-8(6-13)9(14-5)12(11-7)10(2,3)4/h6H,1-5H3. The number of aromatic nitrogens is 2. The first-order chi connectivity index (χ1) is 6.41. The highest BCUT2D eigenvalue weighted by molar-refractivity contribution is 5.80. The fraction of sp³-hybridized carbons (Fsp3) is 0.600. The number of ether oxygens (including phenoxy) is 1. The summed E-state index contributed by atoms with van der Waals surface area (Å²) in [5, 5.41) is 4.28. The Hall–Kier alpha value is -1.32. The number of hydrogen-bond donors (Lipinski definition) is 0. The third-order valence-corrected chi connectivity index (χ3v) is 2.01. The average molecular weight is 196 g/mol. The van der Waals surface area contributed by atoms with Gasteiger partial charge in [-0.05, 0) is 27.7 Å². The van der Waals surface area contributed by atoms with Crippen LogP contribution in [0.3, 0.4) is 0 Å². The minimum atomic E-state index is -0.183. The van der Waals surface area contributed by atoms with Crippen LogP contribution in [-0.2, 0) is 5.54 Å². The van der Waals surface area contributed by atoms with Crippen LogP contribution in [0.2, 0.25) is 0 Å². The van der Waals surface area contributed by atoms with Crippen LogP contribution in [0.15, 0.2) is 0 Å². The fourth-order valence-electron chi connectivity index (χ4n) is 1.30. The zero-order valence-electron chi connectivity index (χ0n) is 9.29. The van der Waals surface area contributed by atoms with Crippen LogP contribution >= 0.6 is 0 Å². The van der Waals surface area contributed by atoms with Crippen molar-refractivity contribution >= 4 is 6.29 Å². The number of carbonyl (C=O) groups excluding carboxylic acids is 1. The summed E-state index contributed by atoms with van der Waals surface area (Å²) >= 11 is 0. The molecule has 4 heteroatoms. The molecule has 0 amide bonds. The lowest BCUT2D eigenvalue weighted by molar-refractivity contribution is 0.111. The SMILES string of the molecule is COc1c(C=O)c(C)nn1C(C)(C)C.